The van der Waals surface area contributed by atoms with E-state index in [0.717, 1.165) is 17.8 Å². The Kier molecular flexibility index (Phi) is 2.69. The van der Waals surface area contributed by atoms with Crippen LogP contribution in [0.15, 0.2) is 24.3 Å². The first kappa shape index (κ1) is 11.3. The SMILES string of the molecule is ClC1c2ccccc2CC1CC1CC2CCC1C2. The molecule has 0 spiro atoms. The lowest BCUT2D eigenvalue weighted by molar-refractivity contribution is 0.268. The molecule has 2 saturated carbocycles. The second-order valence-electron chi connectivity index (χ2n) is 6.74. The molecule has 1 aromatic carbocycles. The summed E-state index contributed by atoms with van der Waals surface area (Å²) in [4.78, 5) is 0. The summed E-state index contributed by atoms with van der Waals surface area (Å²) in [6.07, 6.45) is 8.64. The summed E-state index contributed by atoms with van der Waals surface area (Å²) in [7, 11) is 0. The highest BCUT2D eigenvalue weighted by atomic mass is 35.5. The fourth-order valence-electron chi connectivity index (χ4n) is 4.89. The largest absolute Gasteiger partial charge is 0.117 e. The van der Waals surface area contributed by atoms with E-state index in [-0.39, 0.29) is 5.38 Å². The van der Waals surface area contributed by atoms with Gasteiger partial charge >= 0.3 is 0 Å². The van der Waals surface area contributed by atoms with Gasteiger partial charge in [-0.1, -0.05) is 30.7 Å². The van der Waals surface area contributed by atoms with Gasteiger partial charge in [-0.25, -0.2) is 0 Å². The molecule has 0 nitrogen and oxygen atoms in total. The average Bonchev–Trinajstić information content (AvgIpc) is 3.06. The summed E-state index contributed by atoms with van der Waals surface area (Å²) in [6.45, 7) is 0. The fraction of sp³-hybridized carbons (Fsp3) is 0.647. The van der Waals surface area contributed by atoms with E-state index < -0.39 is 0 Å². The van der Waals surface area contributed by atoms with Crippen LogP contribution in [0.3, 0.4) is 0 Å². The molecule has 0 aromatic heterocycles. The standard InChI is InChI=1S/C17H21Cl/c18-17-15(9-13-3-1-2-4-16(13)17)10-14-8-11-5-6-12(14)7-11/h1-4,11-12,14-15,17H,5-10H2. The molecule has 4 rings (SSSR count). The predicted molar refractivity (Wildman–Crippen MR) is 75.8 cm³/mol. The summed E-state index contributed by atoms with van der Waals surface area (Å²) in [5.41, 5.74) is 2.91. The molecule has 2 fully saturated rings. The van der Waals surface area contributed by atoms with Crippen molar-refractivity contribution in [3.8, 4) is 0 Å². The van der Waals surface area contributed by atoms with Crippen molar-refractivity contribution in [3.63, 3.8) is 0 Å². The molecule has 0 N–H and O–H groups in total. The fourth-order valence-corrected chi connectivity index (χ4v) is 5.29. The highest BCUT2D eigenvalue weighted by Crippen LogP contribution is 2.53. The predicted octanol–water partition coefficient (Wildman–Crippen LogP) is 4.97. The quantitative estimate of drug-likeness (QED) is 0.659. The van der Waals surface area contributed by atoms with Gasteiger partial charge in [0.1, 0.15) is 0 Å². The molecule has 5 unspecified atom stereocenters. The summed E-state index contributed by atoms with van der Waals surface area (Å²) in [6, 6.07) is 8.79. The van der Waals surface area contributed by atoms with Crippen LogP contribution in [0.25, 0.3) is 0 Å². The van der Waals surface area contributed by atoms with Crippen molar-refractivity contribution >= 4 is 11.6 Å². The topological polar surface area (TPSA) is 0 Å². The molecule has 5 atom stereocenters. The second-order valence-corrected chi connectivity index (χ2v) is 7.21. The van der Waals surface area contributed by atoms with Crippen molar-refractivity contribution in [2.24, 2.45) is 23.7 Å². The molecule has 0 radical (unpaired) electrons. The molecule has 1 heteroatoms. The minimum Gasteiger partial charge on any atom is -0.117 e. The molecule has 0 amide bonds. The molecule has 96 valence electrons. The lowest BCUT2D eigenvalue weighted by atomic mass is 9.81. The lowest BCUT2D eigenvalue weighted by Gasteiger charge is -2.26. The van der Waals surface area contributed by atoms with Crippen molar-refractivity contribution in [1.82, 2.24) is 0 Å². The van der Waals surface area contributed by atoms with Gasteiger partial charge in [0.15, 0.2) is 0 Å². The third-order valence-corrected chi connectivity index (χ3v) is 6.33. The first-order valence-corrected chi connectivity index (χ1v) is 7.97. The van der Waals surface area contributed by atoms with Gasteiger partial charge in [-0.15, -0.1) is 11.6 Å². The van der Waals surface area contributed by atoms with Gasteiger partial charge in [0, 0.05) is 0 Å². The number of alkyl halides is 1. The van der Waals surface area contributed by atoms with Gasteiger partial charge in [-0.2, -0.15) is 0 Å². The Morgan fingerprint density at radius 1 is 1.06 bits per heavy atom. The Morgan fingerprint density at radius 3 is 2.67 bits per heavy atom. The van der Waals surface area contributed by atoms with Crippen LogP contribution in [0.2, 0.25) is 0 Å². The maximum absolute atomic E-state index is 6.69. The van der Waals surface area contributed by atoms with Crippen molar-refractivity contribution < 1.29 is 0 Å². The number of halogens is 1. The summed E-state index contributed by atoms with van der Waals surface area (Å²) < 4.78 is 0. The van der Waals surface area contributed by atoms with E-state index in [1.54, 1.807) is 0 Å². The molecular weight excluding hydrogens is 240 g/mol. The zero-order chi connectivity index (χ0) is 12.1. The molecule has 2 bridgehead atoms. The highest BCUT2D eigenvalue weighted by Gasteiger charge is 2.42. The van der Waals surface area contributed by atoms with Crippen molar-refractivity contribution in [3.05, 3.63) is 35.4 Å². The first-order valence-electron chi connectivity index (χ1n) is 7.53. The van der Waals surface area contributed by atoms with Gasteiger partial charge in [-0.3, -0.25) is 0 Å². The normalized spacial score (nSPS) is 41.3. The number of hydrogen-bond acceptors (Lipinski definition) is 0. The monoisotopic (exact) mass is 260 g/mol. The van der Waals surface area contributed by atoms with Crippen LogP contribution in [-0.2, 0) is 6.42 Å². The van der Waals surface area contributed by atoms with Crippen LogP contribution in [0.4, 0.5) is 0 Å². The van der Waals surface area contributed by atoms with E-state index in [1.165, 1.54) is 49.7 Å². The highest BCUT2D eigenvalue weighted by molar-refractivity contribution is 6.21. The molecule has 3 aliphatic rings. The van der Waals surface area contributed by atoms with Crippen LogP contribution in [0.1, 0.15) is 48.6 Å². The molecule has 0 saturated heterocycles. The molecule has 0 aliphatic heterocycles. The lowest BCUT2D eigenvalue weighted by Crippen LogP contribution is -2.16. The van der Waals surface area contributed by atoms with E-state index in [4.69, 9.17) is 11.6 Å². The summed E-state index contributed by atoms with van der Waals surface area (Å²) in [5.74, 6) is 3.80. The Morgan fingerprint density at radius 2 is 1.94 bits per heavy atom. The van der Waals surface area contributed by atoms with Gasteiger partial charge in [0.2, 0.25) is 0 Å². The van der Waals surface area contributed by atoms with E-state index in [1.807, 2.05) is 0 Å². The van der Waals surface area contributed by atoms with E-state index >= 15 is 0 Å². The van der Waals surface area contributed by atoms with Crippen LogP contribution < -0.4 is 0 Å². The zero-order valence-corrected chi connectivity index (χ0v) is 11.6. The first-order chi connectivity index (χ1) is 8.81. The number of rotatable bonds is 2. The summed E-state index contributed by atoms with van der Waals surface area (Å²) >= 11 is 6.69. The maximum Gasteiger partial charge on any atom is 0.0619 e. The van der Waals surface area contributed by atoms with Gasteiger partial charge in [-0.05, 0) is 66.9 Å². The Hall–Kier alpha value is -0.490. The number of benzene rings is 1. The number of fused-ring (bicyclic) bond motifs is 3. The minimum absolute atomic E-state index is 0.278. The van der Waals surface area contributed by atoms with Crippen molar-refractivity contribution in [2.45, 2.75) is 43.9 Å². The van der Waals surface area contributed by atoms with E-state index in [2.05, 4.69) is 24.3 Å². The van der Waals surface area contributed by atoms with Gasteiger partial charge in [0.05, 0.1) is 5.38 Å². The number of hydrogen-bond donors (Lipinski definition) is 0. The molecule has 18 heavy (non-hydrogen) atoms. The molecular formula is C17H21Cl. The minimum atomic E-state index is 0.278. The maximum atomic E-state index is 6.69. The van der Waals surface area contributed by atoms with Crippen LogP contribution in [0.5, 0.6) is 0 Å². The van der Waals surface area contributed by atoms with Gasteiger partial charge < -0.3 is 0 Å². The van der Waals surface area contributed by atoms with Gasteiger partial charge in [0.25, 0.3) is 0 Å². The van der Waals surface area contributed by atoms with Crippen molar-refractivity contribution in [2.75, 3.05) is 0 Å². The smallest absolute Gasteiger partial charge is 0.0619 e. The second kappa shape index (κ2) is 4.27. The Balaban J connectivity index is 1.48. The molecule has 3 aliphatic carbocycles. The average molecular weight is 261 g/mol. The van der Waals surface area contributed by atoms with Crippen LogP contribution in [0, 0.1) is 23.7 Å². The summed E-state index contributed by atoms with van der Waals surface area (Å²) in [5, 5.41) is 0.278. The van der Waals surface area contributed by atoms with Crippen molar-refractivity contribution in [1.29, 1.82) is 0 Å². The molecule has 0 heterocycles. The third-order valence-electron chi connectivity index (χ3n) is 5.74. The third kappa shape index (κ3) is 1.72. The Labute approximate surface area is 115 Å². The van der Waals surface area contributed by atoms with E-state index in [0.29, 0.717) is 5.92 Å². The van der Waals surface area contributed by atoms with Crippen LogP contribution >= 0.6 is 11.6 Å². The van der Waals surface area contributed by atoms with Crippen LogP contribution in [-0.4, -0.2) is 0 Å². The zero-order valence-electron chi connectivity index (χ0n) is 10.8. The Bertz CT molecular complexity index is 453. The van der Waals surface area contributed by atoms with E-state index in [9.17, 15) is 0 Å². The molecule has 1 aromatic rings.